The third kappa shape index (κ3) is 2.95. The van der Waals surface area contributed by atoms with E-state index in [4.69, 9.17) is 0 Å². The lowest BCUT2D eigenvalue weighted by atomic mass is 9.71. The standard InChI is InChI=1S/C16H21N5O3S2/c1-19-11-17-18-15(19)13-6-21(26(2,23)24)10-16(13)8-20(9-16)14(22)5-12-3-4-25-7-12/h3-4,7,11,13H,5-6,8-10H2,1-2H3. The Morgan fingerprint density at radius 2 is 2.15 bits per heavy atom. The average Bonchev–Trinajstić information content (AvgIpc) is 3.22. The van der Waals surface area contributed by atoms with Gasteiger partial charge in [0.15, 0.2) is 0 Å². The summed E-state index contributed by atoms with van der Waals surface area (Å²) < 4.78 is 27.5. The number of carbonyl (C=O) groups excluding carboxylic acids is 1. The molecule has 4 rings (SSSR count). The van der Waals surface area contributed by atoms with Crippen molar-refractivity contribution in [3.8, 4) is 0 Å². The maximum Gasteiger partial charge on any atom is 0.227 e. The Hall–Kier alpha value is -1.78. The summed E-state index contributed by atoms with van der Waals surface area (Å²) >= 11 is 1.58. The lowest BCUT2D eigenvalue weighted by molar-refractivity contribution is -0.142. The van der Waals surface area contributed by atoms with Gasteiger partial charge in [-0.2, -0.15) is 11.3 Å². The van der Waals surface area contributed by atoms with Crippen LogP contribution in [0.4, 0.5) is 0 Å². The lowest BCUT2D eigenvalue weighted by Gasteiger charge is -2.50. The fourth-order valence-electron chi connectivity index (χ4n) is 4.03. The fraction of sp³-hybridized carbons (Fsp3) is 0.562. The molecule has 2 aliphatic rings. The van der Waals surface area contributed by atoms with Crippen molar-refractivity contribution in [3.05, 3.63) is 34.5 Å². The summed E-state index contributed by atoms with van der Waals surface area (Å²) in [5, 5.41) is 12.1. The van der Waals surface area contributed by atoms with Crippen LogP contribution in [0.15, 0.2) is 23.2 Å². The number of hydrogen-bond acceptors (Lipinski definition) is 6. The van der Waals surface area contributed by atoms with Gasteiger partial charge in [0, 0.05) is 44.6 Å². The average molecular weight is 396 g/mol. The molecule has 2 aliphatic heterocycles. The van der Waals surface area contributed by atoms with Crippen LogP contribution >= 0.6 is 11.3 Å². The molecule has 4 heterocycles. The molecule has 8 nitrogen and oxygen atoms in total. The summed E-state index contributed by atoms with van der Waals surface area (Å²) in [7, 11) is -1.43. The van der Waals surface area contributed by atoms with Gasteiger partial charge in [0.25, 0.3) is 0 Å². The molecule has 26 heavy (non-hydrogen) atoms. The van der Waals surface area contributed by atoms with E-state index in [0.717, 1.165) is 11.4 Å². The van der Waals surface area contributed by atoms with Gasteiger partial charge in [0.2, 0.25) is 15.9 Å². The zero-order chi connectivity index (χ0) is 18.5. The minimum absolute atomic E-state index is 0.0603. The normalized spacial score (nSPS) is 22.7. The zero-order valence-corrected chi connectivity index (χ0v) is 16.3. The summed E-state index contributed by atoms with van der Waals surface area (Å²) in [5.41, 5.74) is 0.740. The molecule has 0 aliphatic carbocycles. The molecule has 0 bridgehead atoms. The maximum absolute atomic E-state index is 12.5. The van der Waals surface area contributed by atoms with Crippen molar-refractivity contribution in [2.75, 3.05) is 32.4 Å². The van der Waals surface area contributed by atoms with Gasteiger partial charge in [-0.3, -0.25) is 4.79 Å². The number of nitrogens with zero attached hydrogens (tertiary/aromatic N) is 5. The molecule has 10 heteroatoms. The first-order valence-corrected chi connectivity index (χ1v) is 11.2. The first-order valence-electron chi connectivity index (χ1n) is 8.36. The molecule has 0 aromatic carbocycles. The Kier molecular flexibility index (Phi) is 4.16. The van der Waals surface area contributed by atoms with E-state index < -0.39 is 10.0 Å². The summed E-state index contributed by atoms with van der Waals surface area (Å²) in [6, 6.07) is 1.96. The van der Waals surface area contributed by atoms with E-state index in [-0.39, 0.29) is 17.2 Å². The zero-order valence-electron chi connectivity index (χ0n) is 14.7. The van der Waals surface area contributed by atoms with Crippen molar-refractivity contribution in [2.24, 2.45) is 12.5 Å². The van der Waals surface area contributed by atoms with Crippen molar-refractivity contribution >= 4 is 27.3 Å². The highest BCUT2D eigenvalue weighted by molar-refractivity contribution is 7.88. The topological polar surface area (TPSA) is 88.4 Å². The molecule has 2 aromatic heterocycles. The molecule has 140 valence electrons. The highest BCUT2D eigenvalue weighted by Crippen LogP contribution is 2.49. The van der Waals surface area contributed by atoms with Crippen LogP contribution in [0.5, 0.6) is 0 Å². The minimum atomic E-state index is -3.29. The number of sulfonamides is 1. The van der Waals surface area contributed by atoms with Gasteiger partial charge in [-0.05, 0) is 22.4 Å². The Labute approximate surface area is 156 Å². The number of aromatic nitrogens is 3. The van der Waals surface area contributed by atoms with E-state index in [1.54, 1.807) is 17.7 Å². The molecule has 1 unspecified atom stereocenters. The van der Waals surface area contributed by atoms with Crippen molar-refractivity contribution < 1.29 is 13.2 Å². The number of carbonyl (C=O) groups is 1. The minimum Gasteiger partial charge on any atom is -0.341 e. The van der Waals surface area contributed by atoms with Crippen molar-refractivity contribution in [2.45, 2.75) is 12.3 Å². The van der Waals surface area contributed by atoms with Crippen molar-refractivity contribution in [1.29, 1.82) is 0 Å². The number of amides is 1. The van der Waals surface area contributed by atoms with Crippen LogP contribution in [0, 0.1) is 5.41 Å². The number of hydrogen-bond donors (Lipinski definition) is 0. The molecule has 2 aromatic rings. The molecule has 2 fully saturated rings. The second-order valence-electron chi connectivity index (χ2n) is 7.33. The van der Waals surface area contributed by atoms with Gasteiger partial charge in [0.1, 0.15) is 12.2 Å². The smallest absolute Gasteiger partial charge is 0.227 e. The maximum atomic E-state index is 12.5. The van der Waals surface area contributed by atoms with E-state index in [1.165, 1.54) is 10.6 Å². The predicted octanol–water partition coefficient (Wildman–Crippen LogP) is 0.307. The molecule has 1 atom stereocenters. The van der Waals surface area contributed by atoms with Crippen LogP contribution in [0.1, 0.15) is 17.3 Å². The van der Waals surface area contributed by atoms with E-state index in [1.807, 2.05) is 33.3 Å². The second-order valence-corrected chi connectivity index (χ2v) is 10.1. The number of aryl methyl sites for hydroxylation is 1. The Balaban J connectivity index is 1.54. The lowest BCUT2D eigenvalue weighted by Crippen LogP contribution is -2.62. The van der Waals surface area contributed by atoms with Crippen LogP contribution in [-0.2, 0) is 28.3 Å². The van der Waals surface area contributed by atoms with E-state index in [0.29, 0.717) is 32.6 Å². The van der Waals surface area contributed by atoms with Crippen LogP contribution in [0.2, 0.25) is 0 Å². The predicted molar refractivity (Wildman–Crippen MR) is 97.2 cm³/mol. The van der Waals surface area contributed by atoms with Crippen LogP contribution in [0.3, 0.4) is 0 Å². The van der Waals surface area contributed by atoms with Gasteiger partial charge in [-0.15, -0.1) is 10.2 Å². The van der Waals surface area contributed by atoms with Crippen molar-refractivity contribution in [1.82, 2.24) is 24.0 Å². The highest BCUT2D eigenvalue weighted by Gasteiger charge is 2.58. The molecule has 2 saturated heterocycles. The molecule has 0 radical (unpaired) electrons. The highest BCUT2D eigenvalue weighted by atomic mass is 32.2. The first-order chi connectivity index (χ1) is 12.3. The SMILES string of the molecule is Cn1cnnc1C1CN(S(C)(=O)=O)CC12CN(C(=O)Cc1ccsc1)C2. The second kappa shape index (κ2) is 6.14. The summed E-state index contributed by atoms with van der Waals surface area (Å²) in [6.45, 7) is 1.92. The third-order valence-corrected chi connectivity index (χ3v) is 7.39. The first kappa shape index (κ1) is 17.6. The summed E-state index contributed by atoms with van der Waals surface area (Å²) in [5.74, 6) is 0.805. The monoisotopic (exact) mass is 395 g/mol. The van der Waals surface area contributed by atoms with Crippen molar-refractivity contribution in [3.63, 3.8) is 0 Å². The van der Waals surface area contributed by atoms with E-state index in [9.17, 15) is 13.2 Å². The summed E-state index contributed by atoms with van der Waals surface area (Å²) in [6.07, 6.45) is 3.26. The van der Waals surface area contributed by atoms with Gasteiger partial charge >= 0.3 is 0 Å². The van der Waals surface area contributed by atoms with Crippen LogP contribution < -0.4 is 0 Å². The number of likely N-dealkylation sites (tertiary alicyclic amines) is 1. The summed E-state index contributed by atoms with van der Waals surface area (Å²) in [4.78, 5) is 14.4. The Morgan fingerprint density at radius 3 is 2.73 bits per heavy atom. The van der Waals surface area contributed by atoms with Crippen LogP contribution in [-0.4, -0.2) is 70.7 Å². The molecule has 1 spiro atoms. The number of rotatable bonds is 4. The van der Waals surface area contributed by atoms with E-state index >= 15 is 0 Å². The van der Waals surface area contributed by atoms with Gasteiger partial charge in [0.05, 0.1) is 12.7 Å². The molecule has 0 N–H and O–H groups in total. The molecular weight excluding hydrogens is 374 g/mol. The molecule has 1 amide bonds. The Bertz CT molecular complexity index is 916. The molecule has 0 saturated carbocycles. The number of thiophene rings is 1. The van der Waals surface area contributed by atoms with Crippen LogP contribution in [0.25, 0.3) is 0 Å². The molecular formula is C16H21N5O3S2. The quantitative estimate of drug-likeness (QED) is 0.743. The Morgan fingerprint density at radius 1 is 1.38 bits per heavy atom. The van der Waals surface area contributed by atoms with Gasteiger partial charge in [-0.1, -0.05) is 0 Å². The van der Waals surface area contributed by atoms with Gasteiger partial charge < -0.3 is 9.47 Å². The fourth-order valence-corrected chi connectivity index (χ4v) is 5.61. The largest absolute Gasteiger partial charge is 0.341 e. The van der Waals surface area contributed by atoms with Gasteiger partial charge in [-0.25, -0.2) is 12.7 Å². The third-order valence-electron chi connectivity index (χ3n) is 5.44. The van der Waals surface area contributed by atoms with E-state index in [2.05, 4.69) is 10.2 Å².